The van der Waals surface area contributed by atoms with E-state index < -0.39 is 10.0 Å². The molecule has 4 nitrogen and oxygen atoms in total. The van der Waals surface area contributed by atoms with Gasteiger partial charge in [-0.15, -0.1) is 0 Å². The van der Waals surface area contributed by atoms with Crippen molar-refractivity contribution in [1.82, 2.24) is 4.72 Å². The number of fused-ring (bicyclic) bond motifs is 1. The minimum atomic E-state index is -3.54. The Morgan fingerprint density at radius 3 is 2.33 bits per heavy atom. The zero-order valence-electron chi connectivity index (χ0n) is 14.1. The summed E-state index contributed by atoms with van der Waals surface area (Å²) in [6.07, 6.45) is 6.44. The van der Waals surface area contributed by atoms with Gasteiger partial charge in [-0.25, -0.2) is 13.1 Å². The second-order valence-corrected chi connectivity index (χ2v) is 8.03. The molecule has 1 saturated carbocycles. The van der Waals surface area contributed by atoms with Gasteiger partial charge in [-0.2, -0.15) is 0 Å². The molecule has 1 N–H and O–H groups in total. The van der Waals surface area contributed by atoms with Gasteiger partial charge in [0.05, 0.1) is 11.5 Å². The summed E-state index contributed by atoms with van der Waals surface area (Å²) in [5.74, 6) is 0.724. The number of benzene rings is 2. The van der Waals surface area contributed by atoms with Crippen molar-refractivity contribution in [2.24, 2.45) is 0 Å². The molecule has 1 aliphatic carbocycles. The molecule has 0 aromatic heterocycles. The molecule has 3 rings (SSSR count). The van der Waals surface area contributed by atoms with Crippen molar-refractivity contribution in [3.05, 3.63) is 36.4 Å². The molecular weight excluding hydrogens is 322 g/mol. The van der Waals surface area contributed by atoms with E-state index in [-0.39, 0.29) is 6.04 Å². The third-order valence-electron chi connectivity index (χ3n) is 4.61. The topological polar surface area (TPSA) is 55.4 Å². The molecule has 2 aromatic carbocycles. The quantitative estimate of drug-likeness (QED) is 0.823. The number of hydrogen-bond donors (Lipinski definition) is 1. The van der Waals surface area contributed by atoms with E-state index in [0.717, 1.165) is 36.8 Å². The van der Waals surface area contributed by atoms with Crippen LogP contribution < -0.4 is 9.46 Å². The predicted octanol–water partition coefficient (Wildman–Crippen LogP) is 4.24. The largest absolute Gasteiger partial charge is 0.493 e. The smallest absolute Gasteiger partial charge is 0.241 e. The van der Waals surface area contributed by atoms with Gasteiger partial charge in [0.1, 0.15) is 5.75 Å². The molecule has 0 radical (unpaired) electrons. The molecule has 0 heterocycles. The Bertz CT molecular complexity index is 793. The molecule has 130 valence electrons. The molecule has 0 bridgehead atoms. The molecule has 0 atom stereocenters. The van der Waals surface area contributed by atoms with Crippen molar-refractivity contribution >= 4 is 20.8 Å². The van der Waals surface area contributed by atoms with Gasteiger partial charge in [-0.3, -0.25) is 0 Å². The van der Waals surface area contributed by atoms with Crippen molar-refractivity contribution in [2.75, 3.05) is 6.61 Å². The molecule has 0 unspecified atom stereocenters. The van der Waals surface area contributed by atoms with Crippen molar-refractivity contribution in [1.29, 1.82) is 0 Å². The van der Waals surface area contributed by atoms with E-state index in [1.807, 2.05) is 31.2 Å². The minimum Gasteiger partial charge on any atom is -0.493 e. The minimum absolute atomic E-state index is 0.0443. The first-order chi connectivity index (χ1) is 11.6. The lowest BCUT2D eigenvalue weighted by molar-refractivity contribution is 0.344. The van der Waals surface area contributed by atoms with Crippen molar-refractivity contribution in [3.63, 3.8) is 0 Å². The van der Waals surface area contributed by atoms with Crippen LogP contribution in [0.4, 0.5) is 0 Å². The maximum Gasteiger partial charge on any atom is 0.241 e. The lowest BCUT2D eigenvalue weighted by atomic mass is 10.1. The van der Waals surface area contributed by atoms with Gasteiger partial charge in [0.2, 0.25) is 10.0 Å². The van der Waals surface area contributed by atoms with Gasteiger partial charge in [0.15, 0.2) is 0 Å². The Morgan fingerprint density at radius 1 is 1.00 bits per heavy atom. The maximum atomic E-state index is 12.9. The Labute approximate surface area is 144 Å². The summed E-state index contributed by atoms with van der Waals surface area (Å²) in [6.45, 7) is 2.48. The van der Waals surface area contributed by atoms with Crippen LogP contribution in [0.15, 0.2) is 41.3 Å². The molecule has 2 aromatic rings. The van der Waals surface area contributed by atoms with Gasteiger partial charge < -0.3 is 4.74 Å². The maximum absolute atomic E-state index is 12.9. The van der Waals surface area contributed by atoms with E-state index in [1.165, 1.54) is 12.8 Å². The van der Waals surface area contributed by atoms with Crippen LogP contribution in [0.5, 0.6) is 5.75 Å². The highest BCUT2D eigenvalue weighted by atomic mass is 32.2. The first-order valence-electron chi connectivity index (χ1n) is 8.78. The fraction of sp³-hybridized carbons (Fsp3) is 0.474. The number of nitrogens with one attached hydrogen (secondary N) is 1. The molecule has 0 saturated heterocycles. The number of ether oxygens (including phenoxy) is 1. The van der Waals surface area contributed by atoms with Crippen LogP contribution in [0, 0.1) is 0 Å². The molecular formula is C19H25NO3S. The third kappa shape index (κ3) is 3.73. The van der Waals surface area contributed by atoms with Crippen molar-refractivity contribution < 1.29 is 13.2 Å². The molecule has 24 heavy (non-hydrogen) atoms. The third-order valence-corrected chi connectivity index (χ3v) is 6.19. The van der Waals surface area contributed by atoms with Gasteiger partial charge >= 0.3 is 0 Å². The first kappa shape index (κ1) is 17.2. The van der Waals surface area contributed by atoms with Crippen LogP contribution in [-0.4, -0.2) is 21.1 Å². The summed E-state index contributed by atoms with van der Waals surface area (Å²) >= 11 is 0. The molecule has 0 aliphatic heterocycles. The molecule has 5 heteroatoms. The second kappa shape index (κ2) is 7.53. The second-order valence-electron chi connectivity index (χ2n) is 6.35. The Morgan fingerprint density at radius 2 is 1.67 bits per heavy atom. The Balaban J connectivity index is 1.97. The van der Waals surface area contributed by atoms with Crippen LogP contribution in [-0.2, 0) is 10.0 Å². The number of hydrogen-bond acceptors (Lipinski definition) is 3. The summed E-state index contributed by atoms with van der Waals surface area (Å²) in [7, 11) is -3.54. The van der Waals surface area contributed by atoms with Gasteiger partial charge in [0.25, 0.3) is 0 Å². The van der Waals surface area contributed by atoms with Crippen LogP contribution >= 0.6 is 0 Å². The van der Waals surface area contributed by atoms with E-state index in [2.05, 4.69) is 4.72 Å². The van der Waals surface area contributed by atoms with E-state index >= 15 is 0 Å². The van der Waals surface area contributed by atoms with Crippen LogP contribution in [0.2, 0.25) is 0 Å². The van der Waals surface area contributed by atoms with Gasteiger partial charge in [-0.05, 0) is 31.9 Å². The highest BCUT2D eigenvalue weighted by Gasteiger charge is 2.23. The molecule has 0 amide bonds. The highest BCUT2D eigenvalue weighted by Crippen LogP contribution is 2.31. The summed E-state index contributed by atoms with van der Waals surface area (Å²) in [5, 5.41) is 1.55. The van der Waals surface area contributed by atoms with Crippen LogP contribution in [0.25, 0.3) is 10.8 Å². The van der Waals surface area contributed by atoms with Crippen LogP contribution in [0.1, 0.15) is 45.4 Å². The first-order valence-corrected chi connectivity index (χ1v) is 10.3. The van der Waals surface area contributed by atoms with E-state index in [0.29, 0.717) is 16.9 Å². The summed E-state index contributed by atoms with van der Waals surface area (Å²) in [5.41, 5.74) is 0. The number of rotatable bonds is 5. The zero-order chi connectivity index (χ0) is 17.0. The Hall–Kier alpha value is -1.59. The molecule has 1 aliphatic rings. The standard InChI is InChI=1S/C19H25NO3S/c1-2-23-18-13-14-19(17-12-8-7-11-16(17)18)24(21,22)20-15-9-5-3-4-6-10-15/h7-8,11-15,20H,2-6,9-10H2,1H3. The normalized spacial score (nSPS) is 16.9. The zero-order valence-corrected chi connectivity index (χ0v) is 14.9. The van der Waals surface area contributed by atoms with Gasteiger partial charge in [0, 0.05) is 16.8 Å². The fourth-order valence-electron chi connectivity index (χ4n) is 3.44. The lowest BCUT2D eigenvalue weighted by Gasteiger charge is -2.18. The number of sulfonamides is 1. The van der Waals surface area contributed by atoms with E-state index in [4.69, 9.17) is 4.74 Å². The van der Waals surface area contributed by atoms with Crippen LogP contribution in [0.3, 0.4) is 0 Å². The summed E-state index contributed by atoms with van der Waals surface area (Å²) in [6, 6.07) is 11.0. The average Bonchev–Trinajstić information content (AvgIpc) is 2.83. The fourth-order valence-corrected chi connectivity index (χ4v) is 4.96. The molecule has 1 fully saturated rings. The summed E-state index contributed by atoms with van der Waals surface area (Å²) < 4.78 is 34.5. The van der Waals surface area contributed by atoms with Crippen molar-refractivity contribution in [3.8, 4) is 5.75 Å². The monoisotopic (exact) mass is 347 g/mol. The molecule has 0 spiro atoms. The van der Waals surface area contributed by atoms with E-state index in [9.17, 15) is 8.42 Å². The summed E-state index contributed by atoms with van der Waals surface area (Å²) in [4.78, 5) is 0.339. The highest BCUT2D eigenvalue weighted by molar-refractivity contribution is 7.89. The van der Waals surface area contributed by atoms with Crippen molar-refractivity contribution in [2.45, 2.75) is 56.4 Å². The lowest BCUT2D eigenvalue weighted by Crippen LogP contribution is -2.34. The van der Waals surface area contributed by atoms with Gasteiger partial charge in [-0.1, -0.05) is 49.9 Å². The van der Waals surface area contributed by atoms with E-state index in [1.54, 1.807) is 12.1 Å². The predicted molar refractivity (Wildman–Crippen MR) is 96.9 cm³/mol. The average molecular weight is 347 g/mol. The SMILES string of the molecule is CCOc1ccc(S(=O)(=O)NC2CCCCCC2)c2ccccc12. The Kier molecular flexibility index (Phi) is 5.41.